The average molecular weight is 346 g/mol. The van der Waals surface area contributed by atoms with E-state index in [1.807, 2.05) is 12.1 Å². The maximum atomic E-state index is 6.07. The molecule has 0 radical (unpaired) electrons. The number of aromatic nitrogens is 2. The topological polar surface area (TPSA) is 25.8 Å². The summed E-state index contributed by atoms with van der Waals surface area (Å²) in [7, 11) is 0. The quantitative estimate of drug-likeness (QED) is 0.721. The van der Waals surface area contributed by atoms with Gasteiger partial charge in [-0.05, 0) is 47.3 Å². The van der Waals surface area contributed by atoms with E-state index in [4.69, 9.17) is 11.6 Å². The summed E-state index contributed by atoms with van der Waals surface area (Å²) in [4.78, 5) is 11.2. The number of rotatable bonds is 3. The van der Waals surface area contributed by atoms with Gasteiger partial charge in [-0.3, -0.25) is 0 Å². The zero-order valence-corrected chi connectivity index (χ0v) is 13.7. The van der Waals surface area contributed by atoms with E-state index in [2.05, 4.69) is 46.7 Å². The molecule has 5 heteroatoms. The average Bonchev–Trinajstić information content (AvgIpc) is 2.57. The fourth-order valence-corrected chi connectivity index (χ4v) is 3.34. The normalized spacial score (nSPS) is 11.2. The minimum Gasteiger partial charge on any atom is -0.232 e. The van der Waals surface area contributed by atoms with Gasteiger partial charge in [-0.1, -0.05) is 25.4 Å². The smallest absolute Gasteiger partial charge is 0.171 e. The summed E-state index contributed by atoms with van der Waals surface area (Å²) in [5.41, 5.74) is 1.00. The summed E-state index contributed by atoms with van der Waals surface area (Å²) in [6, 6.07) is 3.89. The van der Waals surface area contributed by atoms with E-state index < -0.39 is 0 Å². The van der Waals surface area contributed by atoms with Crippen molar-refractivity contribution in [3.63, 3.8) is 0 Å². The van der Waals surface area contributed by atoms with Gasteiger partial charge in [-0.2, -0.15) is 0 Å². The Morgan fingerprint density at radius 3 is 2.61 bits per heavy atom. The van der Waals surface area contributed by atoms with Crippen molar-refractivity contribution in [1.29, 1.82) is 0 Å². The van der Waals surface area contributed by atoms with Crippen molar-refractivity contribution >= 4 is 38.9 Å². The van der Waals surface area contributed by atoms with Gasteiger partial charge < -0.3 is 0 Å². The molecule has 0 amide bonds. The maximum absolute atomic E-state index is 6.07. The van der Waals surface area contributed by atoms with Crippen LogP contribution in [0.3, 0.4) is 0 Å². The molecule has 0 aliphatic carbocycles. The molecule has 18 heavy (non-hydrogen) atoms. The highest BCUT2D eigenvalue weighted by atomic mass is 79.9. The highest BCUT2D eigenvalue weighted by molar-refractivity contribution is 9.10. The Balaban J connectivity index is 2.41. The van der Waals surface area contributed by atoms with E-state index >= 15 is 0 Å². The predicted molar refractivity (Wildman–Crippen MR) is 81.3 cm³/mol. The van der Waals surface area contributed by atoms with Crippen LogP contribution < -0.4 is 0 Å². The van der Waals surface area contributed by atoms with Gasteiger partial charge >= 0.3 is 0 Å². The van der Waals surface area contributed by atoms with Crippen LogP contribution in [0.2, 0.25) is 5.15 Å². The van der Waals surface area contributed by atoms with Crippen LogP contribution in [-0.2, 0) is 6.42 Å². The predicted octanol–water partition coefficient (Wildman–Crippen LogP) is 5.13. The number of thiophene rings is 1. The molecule has 0 atom stereocenters. The van der Waals surface area contributed by atoms with Gasteiger partial charge in [0.25, 0.3) is 0 Å². The fourth-order valence-electron chi connectivity index (χ4n) is 1.67. The first-order valence-electron chi connectivity index (χ1n) is 5.75. The SMILES string of the molecule is Cc1sc(-c2nc(Cl)cc(CC(C)C)n2)cc1Br. The molecule has 0 spiro atoms. The van der Waals surface area contributed by atoms with Gasteiger partial charge in [0, 0.05) is 15.0 Å². The van der Waals surface area contributed by atoms with Crippen molar-refractivity contribution in [2.45, 2.75) is 27.2 Å². The van der Waals surface area contributed by atoms with Gasteiger partial charge in [-0.25, -0.2) is 9.97 Å². The highest BCUT2D eigenvalue weighted by Gasteiger charge is 2.11. The molecule has 2 nitrogen and oxygen atoms in total. The summed E-state index contributed by atoms with van der Waals surface area (Å²) in [5, 5.41) is 0.512. The van der Waals surface area contributed by atoms with Crippen LogP contribution >= 0.6 is 38.9 Å². The number of hydrogen-bond donors (Lipinski definition) is 0. The van der Waals surface area contributed by atoms with E-state index in [0.717, 1.165) is 27.3 Å². The van der Waals surface area contributed by atoms with E-state index in [0.29, 0.717) is 11.1 Å². The second-order valence-electron chi connectivity index (χ2n) is 4.62. The Morgan fingerprint density at radius 1 is 1.33 bits per heavy atom. The zero-order chi connectivity index (χ0) is 13.3. The number of hydrogen-bond acceptors (Lipinski definition) is 3. The second-order valence-corrected chi connectivity index (χ2v) is 7.12. The van der Waals surface area contributed by atoms with E-state index in [1.165, 1.54) is 4.88 Å². The Labute approximate surface area is 125 Å². The standard InChI is InChI=1S/C13H14BrClN2S/c1-7(2)4-9-5-12(15)17-13(16-9)11-6-10(14)8(3)18-11/h5-7H,4H2,1-3H3. The minimum absolute atomic E-state index is 0.512. The van der Waals surface area contributed by atoms with Crippen LogP contribution in [0, 0.1) is 12.8 Å². The first-order valence-corrected chi connectivity index (χ1v) is 7.74. The number of halogens is 2. The molecule has 0 aliphatic heterocycles. The van der Waals surface area contributed by atoms with Crippen LogP contribution in [0.4, 0.5) is 0 Å². The lowest BCUT2D eigenvalue weighted by Crippen LogP contribution is -2.00. The van der Waals surface area contributed by atoms with Crippen LogP contribution in [0.5, 0.6) is 0 Å². The zero-order valence-electron chi connectivity index (χ0n) is 10.5. The van der Waals surface area contributed by atoms with Crippen molar-refractivity contribution < 1.29 is 0 Å². The van der Waals surface area contributed by atoms with Crippen molar-refractivity contribution in [3.8, 4) is 10.7 Å². The van der Waals surface area contributed by atoms with Gasteiger partial charge in [-0.15, -0.1) is 11.3 Å². The Hall–Kier alpha value is -0.450. The molecule has 0 fully saturated rings. The van der Waals surface area contributed by atoms with E-state index in [1.54, 1.807) is 11.3 Å². The molecule has 0 unspecified atom stereocenters. The molecule has 0 aliphatic rings. The summed E-state index contributed by atoms with van der Waals surface area (Å²) in [5.74, 6) is 1.28. The first kappa shape index (κ1) is 14.0. The van der Waals surface area contributed by atoms with Crippen molar-refractivity contribution in [2.75, 3.05) is 0 Å². The molecular weight excluding hydrogens is 332 g/mol. The van der Waals surface area contributed by atoms with Crippen LogP contribution in [0.1, 0.15) is 24.4 Å². The first-order chi connectivity index (χ1) is 8.45. The molecule has 2 aromatic heterocycles. The second kappa shape index (κ2) is 5.68. The molecule has 2 aromatic rings. The molecule has 0 saturated heterocycles. The van der Waals surface area contributed by atoms with Crippen molar-refractivity contribution in [1.82, 2.24) is 9.97 Å². The monoisotopic (exact) mass is 344 g/mol. The molecule has 96 valence electrons. The van der Waals surface area contributed by atoms with Crippen molar-refractivity contribution in [3.05, 3.63) is 32.3 Å². The third-order valence-electron chi connectivity index (χ3n) is 2.44. The van der Waals surface area contributed by atoms with E-state index in [9.17, 15) is 0 Å². The summed E-state index contributed by atoms with van der Waals surface area (Å²) in [6.45, 7) is 6.40. The fraction of sp³-hybridized carbons (Fsp3) is 0.385. The highest BCUT2D eigenvalue weighted by Crippen LogP contribution is 2.32. The summed E-state index contributed by atoms with van der Waals surface area (Å²) >= 11 is 11.3. The molecule has 0 bridgehead atoms. The van der Waals surface area contributed by atoms with Crippen LogP contribution in [-0.4, -0.2) is 9.97 Å². The van der Waals surface area contributed by atoms with Gasteiger partial charge in [0.15, 0.2) is 5.82 Å². The molecular formula is C13H14BrClN2S. The molecule has 2 rings (SSSR count). The largest absolute Gasteiger partial charge is 0.232 e. The van der Waals surface area contributed by atoms with Gasteiger partial charge in [0.05, 0.1) is 4.88 Å². The molecule has 0 N–H and O–H groups in total. The summed E-state index contributed by atoms with van der Waals surface area (Å²) in [6.07, 6.45) is 0.917. The van der Waals surface area contributed by atoms with Gasteiger partial charge in [0.1, 0.15) is 5.15 Å². The van der Waals surface area contributed by atoms with E-state index in [-0.39, 0.29) is 0 Å². The minimum atomic E-state index is 0.512. The third kappa shape index (κ3) is 3.31. The Morgan fingerprint density at radius 2 is 2.06 bits per heavy atom. The molecule has 2 heterocycles. The van der Waals surface area contributed by atoms with Crippen molar-refractivity contribution in [2.24, 2.45) is 5.92 Å². The lowest BCUT2D eigenvalue weighted by molar-refractivity contribution is 0.634. The Bertz CT molecular complexity index is 547. The lowest BCUT2D eigenvalue weighted by Gasteiger charge is -2.06. The number of aryl methyl sites for hydroxylation is 1. The third-order valence-corrected chi connectivity index (χ3v) is 4.77. The Kier molecular flexibility index (Phi) is 4.41. The molecule has 0 aromatic carbocycles. The molecule has 0 saturated carbocycles. The van der Waals surface area contributed by atoms with Crippen LogP contribution in [0.25, 0.3) is 10.7 Å². The number of nitrogens with zero attached hydrogens (tertiary/aromatic N) is 2. The lowest BCUT2D eigenvalue weighted by atomic mass is 10.1. The maximum Gasteiger partial charge on any atom is 0.171 e. The summed E-state index contributed by atoms with van der Waals surface area (Å²) < 4.78 is 1.09. The van der Waals surface area contributed by atoms with Gasteiger partial charge in [0.2, 0.25) is 0 Å². The van der Waals surface area contributed by atoms with Crippen LogP contribution in [0.15, 0.2) is 16.6 Å².